The molecule has 0 amide bonds. The third-order valence-electron chi connectivity index (χ3n) is 13.2. The van der Waals surface area contributed by atoms with E-state index in [2.05, 4.69) is 61.5 Å². The molecule has 5 aliphatic rings. The molecular weight excluding hydrogens is 392 g/mol. The Labute approximate surface area is 197 Å². The fourth-order valence-electron chi connectivity index (χ4n) is 11.4. The van der Waals surface area contributed by atoms with E-state index in [1.165, 1.54) is 44.9 Å². The van der Waals surface area contributed by atoms with Gasteiger partial charge in [-0.15, -0.1) is 0 Å². The maximum atomic E-state index is 10.9. The first kappa shape index (κ1) is 23.4. The topological polar surface area (TPSA) is 40.5 Å². The van der Waals surface area contributed by atoms with Crippen LogP contribution in [0.3, 0.4) is 0 Å². The van der Waals surface area contributed by atoms with Crippen molar-refractivity contribution < 1.29 is 10.2 Å². The summed E-state index contributed by atoms with van der Waals surface area (Å²) in [5.74, 6) is 3.60. The fraction of sp³-hybridized carbons (Fsp3) is 0.933. The second-order valence-electron chi connectivity index (χ2n) is 14.8. The average molecular weight is 443 g/mol. The molecule has 0 radical (unpaired) electrons. The molecule has 32 heavy (non-hydrogen) atoms. The molecule has 0 heterocycles. The molecule has 2 heteroatoms. The summed E-state index contributed by atoms with van der Waals surface area (Å²) >= 11 is 0. The molecule has 2 N–H and O–H groups in total. The molecule has 10 unspecified atom stereocenters. The molecule has 0 aromatic heterocycles. The fourth-order valence-corrected chi connectivity index (χ4v) is 11.4. The molecular formula is C30H50O2. The monoisotopic (exact) mass is 442 g/mol. The molecule has 0 spiro atoms. The first-order valence-electron chi connectivity index (χ1n) is 13.8. The first-order valence-corrected chi connectivity index (χ1v) is 13.8. The van der Waals surface area contributed by atoms with Gasteiger partial charge in [0, 0.05) is 0 Å². The Balaban J connectivity index is 1.56. The SMILES string of the molecule is CC(C)C1CCC2C1(C)CCC1(C)C3CCC4C(C)(CC(O)C(O)C4(C)C)C3=CCC21C. The van der Waals surface area contributed by atoms with Crippen LogP contribution in [-0.4, -0.2) is 22.4 Å². The molecule has 5 aliphatic carbocycles. The largest absolute Gasteiger partial charge is 0.390 e. The van der Waals surface area contributed by atoms with Gasteiger partial charge in [-0.1, -0.05) is 67.0 Å². The lowest BCUT2D eigenvalue weighted by atomic mass is 9.35. The first-order chi connectivity index (χ1) is 14.7. The van der Waals surface area contributed by atoms with Crippen molar-refractivity contribution in [3.63, 3.8) is 0 Å². The van der Waals surface area contributed by atoms with Crippen LogP contribution in [0.25, 0.3) is 0 Å². The van der Waals surface area contributed by atoms with Crippen molar-refractivity contribution in [3.8, 4) is 0 Å². The summed E-state index contributed by atoms with van der Waals surface area (Å²) < 4.78 is 0. The van der Waals surface area contributed by atoms with Crippen molar-refractivity contribution in [1.82, 2.24) is 0 Å². The molecule has 0 saturated heterocycles. The van der Waals surface area contributed by atoms with Crippen LogP contribution in [0.4, 0.5) is 0 Å². The lowest BCUT2D eigenvalue weighted by Crippen LogP contribution is -2.63. The zero-order chi connectivity index (χ0) is 23.5. The van der Waals surface area contributed by atoms with Crippen LogP contribution in [-0.2, 0) is 0 Å². The van der Waals surface area contributed by atoms with Crippen LogP contribution in [0.2, 0.25) is 0 Å². The Morgan fingerprint density at radius 3 is 2.16 bits per heavy atom. The molecule has 182 valence electrons. The van der Waals surface area contributed by atoms with Crippen LogP contribution in [0, 0.1) is 56.7 Å². The third kappa shape index (κ3) is 2.61. The summed E-state index contributed by atoms with van der Waals surface area (Å²) in [6.45, 7) is 19.7. The number of rotatable bonds is 1. The van der Waals surface area contributed by atoms with Gasteiger partial charge in [0.15, 0.2) is 0 Å². The van der Waals surface area contributed by atoms with E-state index in [9.17, 15) is 10.2 Å². The van der Waals surface area contributed by atoms with Crippen LogP contribution >= 0.6 is 0 Å². The molecule has 0 aromatic carbocycles. The number of aliphatic hydroxyl groups excluding tert-OH is 2. The van der Waals surface area contributed by atoms with Crippen LogP contribution in [0.5, 0.6) is 0 Å². The highest BCUT2D eigenvalue weighted by Crippen LogP contribution is 2.76. The predicted molar refractivity (Wildman–Crippen MR) is 132 cm³/mol. The van der Waals surface area contributed by atoms with E-state index >= 15 is 0 Å². The van der Waals surface area contributed by atoms with Crippen molar-refractivity contribution in [3.05, 3.63) is 11.6 Å². The summed E-state index contributed by atoms with van der Waals surface area (Å²) in [6, 6.07) is 0. The van der Waals surface area contributed by atoms with Gasteiger partial charge >= 0.3 is 0 Å². The van der Waals surface area contributed by atoms with E-state index in [1.54, 1.807) is 5.57 Å². The standard InChI is InChI=1S/C30H50O2/c1-18(2)19-9-12-24-27(19,5)15-16-29(7)21-10-11-23-26(3,4)25(32)22(31)17-28(23,6)20(21)13-14-30(24,29)8/h13,18-19,21-25,31-32H,9-12,14-17H2,1-8H3. The second-order valence-corrected chi connectivity index (χ2v) is 14.8. The Morgan fingerprint density at radius 1 is 0.844 bits per heavy atom. The minimum atomic E-state index is -0.608. The normalized spacial score (nSPS) is 56.7. The predicted octanol–water partition coefficient (Wildman–Crippen LogP) is 7.00. The summed E-state index contributed by atoms with van der Waals surface area (Å²) in [5, 5.41) is 21.8. The number of aliphatic hydroxyl groups is 2. The van der Waals surface area contributed by atoms with E-state index in [4.69, 9.17) is 0 Å². The van der Waals surface area contributed by atoms with Gasteiger partial charge < -0.3 is 10.2 Å². The van der Waals surface area contributed by atoms with E-state index in [-0.39, 0.29) is 10.8 Å². The van der Waals surface area contributed by atoms with Crippen molar-refractivity contribution in [2.45, 2.75) is 119 Å². The summed E-state index contributed by atoms with van der Waals surface area (Å²) in [6.07, 6.45) is 11.4. The smallest absolute Gasteiger partial charge is 0.0853 e. The van der Waals surface area contributed by atoms with Crippen molar-refractivity contribution >= 4 is 0 Å². The summed E-state index contributed by atoms with van der Waals surface area (Å²) in [4.78, 5) is 0. The number of fused-ring (bicyclic) bond motifs is 7. The summed E-state index contributed by atoms with van der Waals surface area (Å²) in [7, 11) is 0. The Morgan fingerprint density at radius 2 is 1.50 bits per heavy atom. The number of allylic oxidation sites excluding steroid dienone is 2. The minimum Gasteiger partial charge on any atom is -0.390 e. The molecule has 4 fully saturated rings. The minimum absolute atomic E-state index is 0.0201. The average Bonchev–Trinajstić information content (AvgIpc) is 3.06. The highest BCUT2D eigenvalue weighted by Gasteiger charge is 2.68. The lowest BCUT2D eigenvalue weighted by molar-refractivity contribution is -0.186. The Kier molecular flexibility index (Phi) is 5.02. The van der Waals surface area contributed by atoms with Crippen LogP contribution in [0.15, 0.2) is 11.6 Å². The summed E-state index contributed by atoms with van der Waals surface area (Å²) in [5.41, 5.74) is 2.68. The van der Waals surface area contributed by atoms with Gasteiger partial charge in [0.2, 0.25) is 0 Å². The maximum Gasteiger partial charge on any atom is 0.0853 e. The molecule has 10 atom stereocenters. The van der Waals surface area contributed by atoms with Gasteiger partial charge in [-0.3, -0.25) is 0 Å². The van der Waals surface area contributed by atoms with Gasteiger partial charge in [0.25, 0.3) is 0 Å². The van der Waals surface area contributed by atoms with Crippen molar-refractivity contribution in [2.75, 3.05) is 0 Å². The Bertz CT molecular complexity index is 812. The van der Waals surface area contributed by atoms with Gasteiger partial charge in [0.1, 0.15) is 0 Å². The molecule has 4 saturated carbocycles. The molecule has 0 aliphatic heterocycles. The number of hydrogen-bond donors (Lipinski definition) is 2. The lowest BCUT2D eigenvalue weighted by Gasteiger charge is -2.69. The van der Waals surface area contributed by atoms with E-state index in [0.717, 1.165) is 24.2 Å². The third-order valence-corrected chi connectivity index (χ3v) is 13.2. The van der Waals surface area contributed by atoms with Gasteiger partial charge in [-0.25, -0.2) is 0 Å². The quantitative estimate of drug-likeness (QED) is 0.429. The van der Waals surface area contributed by atoms with E-state index in [0.29, 0.717) is 28.1 Å². The molecule has 0 bridgehead atoms. The highest BCUT2D eigenvalue weighted by atomic mass is 16.3. The van der Waals surface area contributed by atoms with Gasteiger partial charge in [0.05, 0.1) is 12.2 Å². The van der Waals surface area contributed by atoms with Crippen molar-refractivity contribution in [1.29, 1.82) is 0 Å². The molecule has 0 aromatic rings. The zero-order valence-electron chi connectivity index (χ0n) is 22.2. The maximum absolute atomic E-state index is 10.9. The second kappa shape index (κ2) is 6.87. The van der Waals surface area contributed by atoms with Gasteiger partial charge in [-0.05, 0) is 108 Å². The van der Waals surface area contributed by atoms with E-state index < -0.39 is 12.2 Å². The molecule has 2 nitrogen and oxygen atoms in total. The number of hydrogen-bond acceptors (Lipinski definition) is 2. The highest BCUT2D eigenvalue weighted by molar-refractivity contribution is 5.33. The molecule has 5 rings (SSSR count). The van der Waals surface area contributed by atoms with Crippen LogP contribution in [0.1, 0.15) is 107 Å². The van der Waals surface area contributed by atoms with Gasteiger partial charge in [-0.2, -0.15) is 0 Å². The van der Waals surface area contributed by atoms with Crippen LogP contribution < -0.4 is 0 Å². The van der Waals surface area contributed by atoms with E-state index in [1.807, 2.05) is 0 Å². The Hall–Kier alpha value is -0.340. The van der Waals surface area contributed by atoms with Crippen molar-refractivity contribution in [2.24, 2.45) is 56.7 Å². The zero-order valence-corrected chi connectivity index (χ0v) is 22.2.